The Morgan fingerprint density at radius 1 is 1.11 bits per heavy atom. The van der Waals surface area contributed by atoms with Crippen molar-refractivity contribution in [1.82, 2.24) is 20.9 Å². The third-order valence-corrected chi connectivity index (χ3v) is 12.7. The Bertz CT molecular complexity index is 1360. The molecule has 4 aliphatic carbocycles. The number of urea groups is 1. The van der Waals surface area contributed by atoms with Crippen molar-refractivity contribution in [3.63, 3.8) is 0 Å². The molecule has 44 heavy (non-hydrogen) atoms. The van der Waals surface area contributed by atoms with E-state index in [0.29, 0.717) is 43.9 Å². The number of carbonyl (C=O) groups excluding carboxylic acids is 3. The number of hydrogen-bond donors (Lipinski definition) is 3. The predicted molar refractivity (Wildman–Crippen MR) is 160 cm³/mol. The maximum Gasteiger partial charge on any atom is 0.335 e. The first kappa shape index (κ1) is 29.8. The Morgan fingerprint density at radius 2 is 1.95 bits per heavy atom. The van der Waals surface area contributed by atoms with Crippen LogP contribution in [-0.4, -0.2) is 79.4 Å². The molecular formula is C33H46N4O7. The molecule has 6 fully saturated rings. The van der Waals surface area contributed by atoms with Crippen LogP contribution in [0.5, 0.6) is 0 Å². The number of ether oxygens (including phenoxy) is 2. The molecule has 4 saturated carbocycles. The lowest BCUT2D eigenvalue weighted by atomic mass is 9.44. The number of nitrogens with one attached hydrogen (secondary N) is 3. The van der Waals surface area contributed by atoms with Gasteiger partial charge in [0.2, 0.25) is 5.91 Å². The minimum absolute atomic E-state index is 0.0367. The fourth-order valence-electron chi connectivity index (χ4n) is 10.7. The van der Waals surface area contributed by atoms with Gasteiger partial charge in [-0.05, 0) is 79.7 Å². The Hall–Kier alpha value is -2.92. The number of carbonyl (C=O) groups is 3. The highest BCUT2D eigenvalue weighted by Gasteiger charge is 2.84. The molecule has 1 aromatic rings. The van der Waals surface area contributed by atoms with Crippen LogP contribution in [0.25, 0.3) is 0 Å². The summed E-state index contributed by atoms with van der Waals surface area (Å²) in [6.07, 6.45) is 8.17. The Kier molecular flexibility index (Phi) is 7.35. The maximum atomic E-state index is 12.8. The second-order valence-electron chi connectivity index (χ2n) is 14.7. The number of hydrogen-bond acceptors (Lipinski definition) is 8. The summed E-state index contributed by atoms with van der Waals surface area (Å²) in [5.74, 6) is 1.03. The molecule has 0 bridgehead atoms. The molecule has 0 radical (unpaired) electrons. The zero-order chi connectivity index (χ0) is 30.9. The molecule has 3 heterocycles. The topological polar surface area (TPSA) is 143 Å². The first-order valence-electron chi connectivity index (χ1n) is 16.5. The molecule has 2 aliphatic heterocycles. The molecule has 2 saturated heterocycles. The number of fused-ring (bicyclic) bond motifs is 3. The Balaban J connectivity index is 1.02. The van der Waals surface area contributed by atoms with Crippen molar-refractivity contribution >= 4 is 17.9 Å². The van der Waals surface area contributed by atoms with Crippen LogP contribution in [0, 0.1) is 28.6 Å². The van der Waals surface area contributed by atoms with E-state index in [4.69, 9.17) is 13.9 Å². The van der Waals surface area contributed by atoms with E-state index in [2.05, 4.69) is 34.7 Å². The molecule has 0 aromatic carbocycles. The summed E-state index contributed by atoms with van der Waals surface area (Å²) < 4.78 is 18.0. The molecule has 240 valence electrons. The Labute approximate surface area is 258 Å². The van der Waals surface area contributed by atoms with Crippen molar-refractivity contribution < 1.29 is 28.3 Å². The van der Waals surface area contributed by atoms with Gasteiger partial charge in [0.15, 0.2) is 0 Å². The predicted octanol–water partition coefficient (Wildman–Crippen LogP) is 2.54. The summed E-state index contributed by atoms with van der Waals surface area (Å²) in [7, 11) is 0. The number of amides is 3. The quantitative estimate of drug-likeness (QED) is 0.330. The summed E-state index contributed by atoms with van der Waals surface area (Å²) in [5, 5.41) is 9.07. The lowest BCUT2D eigenvalue weighted by Crippen LogP contribution is -2.59. The monoisotopic (exact) mass is 610 g/mol. The number of piperazine rings is 1. The van der Waals surface area contributed by atoms with Gasteiger partial charge in [0.25, 0.3) is 0 Å². The number of esters is 1. The van der Waals surface area contributed by atoms with E-state index in [1.165, 1.54) is 13.0 Å². The van der Waals surface area contributed by atoms with Crippen molar-refractivity contribution in [2.75, 3.05) is 32.7 Å². The van der Waals surface area contributed by atoms with Gasteiger partial charge in [-0.1, -0.05) is 13.8 Å². The van der Waals surface area contributed by atoms with Crippen LogP contribution < -0.4 is 21.6 Å². The third-order valence-electron chi connectivity index (χ3n) is 12.7. The number of nitrogens with zero attached hydrogens (tertiary/aromatic N) is 1. The van der Waals surface area contributed by atoms with Gasteiger partial charge in [-0.2, -0.15) is 0 Å². The van der Waals surface area contributed by atoms with Gasteiger partial charge < -0.3 is 29.8 Å². The fraction of sp³-hybridized carbons (Fsp3) is 0.758. The van der Waals surface area contributed by atoms with Crippen LogP contribution in [0.3, 0.4) is 0 Å². The average molecular weight is 611 g/mol. The van der Waals surface area contributed by atoms with Crippen LogP contribution in [0.15, 0.2) is 27.6 Å². The van der Waals surface area contributed by atoms with Crippen LogP contribution in [-0.2, 0) is 19.1 Å². The van der Waals surface area contributed by atoms with Crippen LogP contribution in [0.1, 0.15) is 77.2 Å². The lowest BCUT2D eigenvalue weighted by Gasteiger charge is -2.61. The van der Waals surface area contributed by atoms with Gasteiger partial charge in [-0.3, -0.25) is 14.5 Å². The molecule has 6 aliphatic rings. The summed E-state index contributed by atoms with van der Waals surface area (Å²) in [6.45, 7) is 9.26. The summed E-state index contributed by atoms with van der Waals surface area (Å²) >= 11 is 0. The van der Waals surface area contributed by atoms with Crippen molar-refractivity contribution in [2.24, 2.45) is 28.6 Å². The van der Waals surface area contributed by atoms with Crippen molar-refractivity contribution in [3.05, 3.63) is 34.4 Å². The van der Waals surface area contributed by atoms with E-state index < -0.39 is 6.10 Å². The lowest BCUT2D eigenvalue weighted by molar-refractivity contribution is -0.156. The van der Waals surface area contributed by atoms with E-state index in [-0.39, 0.29) is 58.0 Å². The largest absolute Gasteiger partial charge is 0.459 e. The second-order valence-corrected chi connectivity index (χ2v) is 14.7. The molecule has 3 amide bonds. The van der Waals surface area contributed by atoms with Gasteiger partial charge in [0, 0.05) is 56.5 Å². The van der Waals surface area contributed by atoms with E-state index in [0.717, 1.165) is 57.1 Å². The molecule has 3 N–H and O–H groups in total. The van der Waals surface area contributed by atoms with Gasteiger partial charge in [-0.25, -0.2) is 9.59 Å². The molecule has 1 aromatic heterocycles. The van der Waals surface area contributed by atoms with Crippen LogP contribution in [0.2, 0.25) is 0 Å². The first-order chi connectivity index (χ1) is 21.0. The highest BCUT2D eigenvalue weighted by molar-refractivity contribution is 5.78. The molecule has 11 nitrogen and oxygen atoms in total. The highest BCUT2D eigenvalue weighted by Crippen LogP contribution is 2.78. The average Bonchev–Trinajstić information content (AvgIpc) is 3.68. The maximum absolute atomic E-state index is 12.8. The summed E-state index contributed by atoms with van der Waals surface area (Å²) in [6, 6.07) is 3.32. The minimum atomic E-state index is -0.403. The van der Waals surface area contributed by atoms with E-state index in [1.54, 1.807) is 6.26 Å². The number of epoxide rings is 1. The Morgan fingerprint density at radius 3 is 2.70 bits per heavy atom. The molecule has 1 spiro atoms. The van der Waals surface area contributed by atoms with Crippen LogP contribution in [0.4, 0.5) is 4.79 Å². The molecular weight excluding hydrogens is 564 g/mol. The fourth-order valence-corrected chi connectivity index (χ4v) is 10.7. The normalized spacial score (nSPS) is 42.5. The number of rotatable bonds is 6. The van der Waals surface area contributed by atoms with Crippen molar-refractivity contribution in [2.45, 2.75) is 95.5 Å². The highest BCUT2D eigenvalue weighted by atomic mass is 16.7. The SMILES string of the molecule is CC(=O)O[C@H]1[C@H]2O[C@]23[C@@H]2CC[C@@H]4C[C@@H](NC(=O)NCCN5CCNC(=O)C5)CC[C@]4(C)[C@H]2CC[C@]3(C)[C@H]1c1ccc(=O)oc1. The van der Waals surface area contributed by atoms with E-state index >= 15 is 0 Å². The van der Waals surface area contributed by atoms with E-state index in [9.17, 15) is 19.2 Å². The minimum Gasteiger partial charge on any atom is -0.459 e. The van der Waals surface area contributed by atoms with Crippen molar-refractivity contribution in [1.29, 1.82) is 0 Å². The molecule has 10 atom stereocenters. The van der Waals surface area contributed by atoms with Gasteiger partial charge in [-0.15, -0.1) is 0 Å². The van der Waals surface area contributed by atoms with Gasteiger partial charge in [0.05, 0.1) is 12.8 Å². The van der Waals surface area contributed by atoms with Gasteiger partial charge >= 0.3 is 17.6 Å². The summed E-state index contributed by atoms with van der Waals surface area (Å²) in [5.41, 5.74) is 0.0832. The van der Waals surface area contributed by atoms with E-state index in [1.807, 2.05) is 6.07 Å². The van der Waals surface area contributed by atoms with Crippen molar-refractivity contribution in [3.8, 4) is 0 Å². The summed E-state index contributed by atoms with van der Waals surface area (Å²) in [4.78, 5) is 50.5. The standard InChI is InChI=1S/C33H46N4O7/c1-19(38)43-28-27(20-4-7-26(40)42-18-20)32(3)11-9-23-24(33(32)29(28)44-33)6-5-21-16-22(8-10-31(21,23)2)36-30(41)35-13-15-37-14-12-34-25(39)17-37/h4,7,18,21-24,27-29H,5-6,8-17H2,1-3H3,(H,34,39)(H2,35,36,41)/t21-,22+,23+,24-,27+,28-,29-,31+,32-,33-/m1/s1. The molecule has 0 unspecified atom stereocenters. The van der Waals surface area contributed by atoms with Crippen LogP contribution >= 0.6 is 0 Å². The first-order valence-corrected chi connectivity index (χ1v) is 16.5. The zero-order valence-corrected chi connectivity index (χ0v) is 26.1. The second kappa shape index (κ2) is 10.9. The molecule has 11 heteroatoms. The third kappa shape index (κ3) is 4.68. The zero-order valence-electron chi connectivity index (χ0n) is 26.1. The molecule has 7 rings (SSSR count). The smallest absolute Gasteiger partial charge is 0.335 e. The van der Waals surface area contributed by atoms with Gasteiger partial charge in [0.1, 0.15) is 17.8 Å².